The molecule has 268 valence electrons. The maximum atomic E-state index is 14.4. The highest BCUT2D eigenvalue weighted by Gasteiger charge is 2.28. The molecule has 3 atom stereocenters. The van der Waals surface area contributed by atoms with Gasteiger partial charge in [-0.25, -0.2) is 8.78 Å². The third kappa shape index (κ3) is 10.7. The van der Waals surface area contributed by atoms with Gasteiger partial charge in [-0.3, -0.25) is 0 Å². The van der Waals surface area contributed by atoms with Crippen LogP contribution in [-0.4, -0.2) is 67.1 Å². The van der Waals surface area contributed by atoms with E-state index in [9.17, 15) is 8.78 Å². The molecule has 1 aliphatic heterocycles. The van der Waals surface area contributed by atoms with Gasteiger partial charge < -0.3 is 20.0 Å². The highest BCUT2D eigenvalue weighted by molar-refractivity contribution is 5.63. The number of allylic oxidation sites excluding steroid dienone is 2. The summed E-state index contributed by atoms with van der Waals surface area (Å²) in [4.78, 5) is 6.80. The predicted octanol–water partition coefficient (Wildman–Crippen LogP) is 9.63. The summed E-state index contributed by atoms with van der Waals surface area (Å²) in [5, 5.41) is 3.61. The summed E-state index contributed by atoms with van der Waals surface area (Å²) in [6, 6.07) is 23.4. The molecular weight excluding hydrogens is 623 g/mol. The number of nitrogens with one attached hydrogen (secondary N) is 1. The molecule has 1 heterocycles. The normalized spacial score (nSPS) is 16.3. The maximum absolute atomic E-state index is 14.4. The molecule has 2 unspecified atom stereocenters. The minimum absolute atomic E-state index is 0.134. The van der Waals surface area contributed by atoms with Crippen LogP contribution in [0.5, 0.6) is 0 Å². The number of likely N-dealkylation sites (tertiary alicyclic amines) is 1. The number of hydrogen-bond acceptors (Lipinski definition) is 4. The van der Waals surface area contributed by atoms with Gasteiger partial charge in [-0.15, -0.1) is 0 Å². The number of hydrogen-bond donors (Lipinski definition) is 1. The van der Waals surface area contributed by atoms with Crippen LogP contribution in [0.25, 0.3) is 11.1 Å². The Hall–Kier alpha value is -4.16. The van der Waals surface area contributed by atoms with E-state index in [4.69, 9.17) is 0 Å². The second-order valence-corrected chi connectivity index (χ2v) is 14.6. The second-order valence-electron chi connectivity index (χ2n) is 14.6. The molecule has 0 spiro atoms. The molecule has 0 radical (unpaired) electrons. The molecule has 4 rings (SSSR count). The average Bonchev–Trinajstić information content (AvgIpc) is 3.50. The maximum Gasteiger partial charge on any atom is 0.159 e. The summed E-state index contributed by atoms with van der Waals surface area (Å²) in [5.41, 5.74) is 8.15. The van der Waals surface area contributed by atoms with Crippen molar-refractivity contribution in [2.24, 2.45) is 5.92 Å². The predicted molar refractivity (Wildman–Crippen MR) is 208 cm³/mol. The molecule has 3 aromatic carbocycles. The summed E-state index contributed by atoms with van der Waals surface area (Å²) >= 11 is 0. The van der Waals surface area contributed by atoms with Crippen LogP contribution >= 0.6 is 0 Å². The van der Waals surface area contributed by atoms with E-state index in [0.717, 1.165) is 43.0 Å². The number of benzene rings is 3. The Morgan fingerprint density at radius 2 is 1.52 bits per heavy atom. The molecule has 0 amide bonds. The van der Waals surface area contributed by atoms with Gasteiger partial charge in [0.05, 0.1) is 12.1 Å². The largest absolute Gasteiger partial charge is 0.387 e. The fourth-order valence-electron chi connectivity index (χ4n) is 7.13. The highest BCUT2D eigenvalue weighted by Crippen LogP contribution is 2.28. The van der Waals surface area contributed by atoms with Crippen molar-refractivity contribution in [3.05, 3.63) is 144 Å². The van der Waals surface area contributed by atoms with E-state index in [1.54, 1.807) is 6.07 Å². The summed E-state index contributed by atoms with van der Waals surface area (Å²) in [7, 11) is 6.31. The molecule has 0 aromatic heterocycles. The van der Waals surface area contributed by atoms with E-state index in [1.807, 2.05) is 13.1 Å². The van der Waals surface area contributed by atoms with Crippen LogP contribution in [0.15, 0.2) is 121 Å². The zero-order valence-corrected chi connectivity index (χ0v) is 31.2. The van der Waals surface area contributed by atoms with E-state index in [1.165, 1.54) is 47.2 Å². The molecule has 1 saturated heterocycles. The number of rotatable bonds is 18. The van der Waals surface area contributed by atoms with Crippen LogP contribution in [0.3, 0.4) is 0 Å². The zero-order chi connectivity index (χ0) is 36.4. The van der Waals surface area contributed by atoms with Crippen LogP contribution in [0.4, 0.5) is 8.78 Å². The van der Waals surface area contributed by atoms with E-state index in [2.05, 4.69) is 129 Å². The van der Waals surface area contributed by atoms with Gasteiger partial charge in [0, 0.05) is 43.8 Å². The average molecular weight is 681 g/mol. The van der Waals surface area contributed by atoms with Crippen molar-refractivity contribution in [2.45, 2.75) is 77.4 Å². The molecule has 1 N–H and O–H groups in total. The van der Waals surface area contributed by atoms with Crippen molar-refractivity contribution < 1.29 is 8.78 Å². The lowest BCUT2D eigenvalue weighted by Gasteiger charge is -2.41. The molecule has 0 saturated carbocycles. The van der Waals surface area contributed by atoms with Crippen molar-refractivity contribution in [2.75, 3.05) is 34.2 Å². The molecule has 0 bridgehead atoms. The van der Waals surface area contributed by atoms with Gasteiger partial charge in [-0.2, -0.15) is 0 Å². The Balaban J connectivity index is 1.62. The molecule has 1 fully saturated rings. The van der Waals surface area contributed by atoms with Crippen molar-refractivity contribution in [3.8, 4) is 11.1 Å². The first-order valence-corrected chi connectivity index (χ1v) is 18.1. The van der Waals surface area contributed by atoms with Gasteiger partial charge in [-0.05, 0) is 105 Å². The van der Waals surface area contributed by atoms with Gasteiger partial charge in [0.1, 0.15) is 0 Å². The molecule has 0 aliphatic carbocycles. The molecule has 3 aromatic rings. The SMILES string of the molecule is C=C(NCCC1CCCN1C)C(Cc1ccc(F)c(F)c1)N(C)C(=C)[C@@H](Cc1ccc(-c2ccccc2)cc1)N(C)C(=C)/C=C(\C)CC(C)C. The van der Waals surface area contributed by atoms with Gasteiger partial charge in [0.15, 0.2) is 11.6 Å². The van der Waals surface area contributed by atoms with Crippen molar-refractivity contribution in [3.63, 3.8) is 0 Å². The van der Waals surface area contributed by atoms with Gasteiger partial charge in [-0.1, -0.05) is 99.8 Å². The van der Waals surface area contributed by atoms with Crippen LogP contribution in [0, 0.1) is 17.6 Å². The van der Waals surface area contributed by atoms with E-state index in [-0.39, 0.29) is 12.1 Å². The quantitative estimate of drug-likeness (QED) is 0.135. The minimum atomic E-state index is -0.847. The van der Waals surface area contributed by atoms with Crippen LogP contribution < -0.4 is 5.32 Å². The number of likely N-dealkylation sites (N-methyl/N-ethyl adjacent to an activating group) is 2. The first-order chi connectivity index (χ1) is 23.8. The minimum Gasteiger partial charge on any atom is -0.387 e. The van der Waals surface area contributed by atoms with Crippen molar-refractivity contribution in [1.82, 2.24) is 20.0 Å². The Kier molecular flexibility index (Phi) is 14.1. The van der Waals surface area contributed by atoms with Crippen molar-refractivity contribution in [1.29, 1.82) is 0 Å². The standard InChI is InChI=1S/C44H58F2N4/c1-31(2)26-32(3)27-33(4)49(8)44(29-36-17-20-39(21-18-36)38-14-11-10-12-15-38)35(6)50(9)43(30-37-19-22-41(45)42(46)28-37)34(5)47-24-23-40-16-13-25-48(40)7/h10-12,14-15,17-22,27-28,31,40,43-44,47H,4-6,13,16,23-26,29-30H2,1-3,7-9H3/b32-27+/t40?,43?,44-/m1/s1. The third-order valence-electron chi connectivity index (χ3n) is 10.2. The number of nitrogens with zero attached hydrogens (tertiary/aromatic N) is 3. The molecule has 1 aliphatic rings. The molecule has 4 nitrogen and oxygen atoms in total. The lowest BCUT2D eigenvalue weighted by atomic mass is 9.96. The highest BCUT2D eigenvalue weighted by atomic mass is 19.2. The topological polar surface area (TPSA) is 21.8 Å². The fourth-order valence-corrected chi connectivity index (χ4v) is 7.13. The molecule has 50 heavy (non-hydrogen) atoms. The van der Waals surface area contributed by atoms with E-state index in [0.29, 0.717) is 30.4 Å². The molecular formula is C44H58F2N4. The lowest BCUT2D eigenvalue weighted by Crippen LogP contribution is -2.46. The van der Waals surface area contributed by atoms with E-state index < -0.39 is 11.6 Å². The van der Waals surface area contributed by atoms with Gasteiger partial charge in [0.25, 0.3) is 0 Å². The first kappa shape index (κ1) is 38.6. The second kappa shape index (κ2) is 18.2. The lowest BCUT2D eigenvalue weighted by molar-refractivity contribution is 0.242. The first-order valence-electron chi connectivity index (χ1n) is 18.1. The Bertz CT molecular complexity index is 1610. The summed E-state index contributed by atoms with van der Waals surface area (Å²) < 4.78 is 28.4. The zero-order valence-electron chi connectivity index (χ0n) is 31.2. The third-order valence-corrected chi connectivity index (χ3v) is 10.2. The Labute approximate surface area is 300 Å². The summed E-state index contributed by atoms with van der Waals surface area (Å²) in [6.45, 7) is 22.2. The smallest absolute Gasteiger partial charge is 0.159 e. The molecule has 6 heteroatoms. The summed E-state index contributed by atoms with van der Waals surface area (Å²) in [5.74, 6) is -1.14. The Morgan fingerprint density at radius 1 is 0.880 bits per heavy atom. The summed E-state index contributed by atoms with van der Waals surface area (Å²) in [6.07, 6.45) is 7.77. The van der Waals surface area contributed by atoms with Crippen LogP contribution in [0.1, 0.15) is 57.6 Å². The van der Waals surface area contributed by atoms with Crippen LogP contribution in [0.2, 0.25) is 0 Å². The van der Waals surface area contributed by atoms with Crippen LogP contribution in [-0.2, 0) is 12.8 Å². The Morgan fingerprint density at radius 3 is 2.14 bits per heavy atom. The fraction of sp³-hybridized carbons (Fsp3) is 0.409. The monoisotopic (exact) mass is 680 g/mol. The van der Waals surface area contributed by atoms with Gasteiger partial charge >= 0.3 is 0 Å². The van der Waals surface area contributed by atoms with E-state index >= 15 is 0 Å². The van der Waals surface area contributed by atoms with Gasteiger partial charge in [0.2, 0.25) is 0 Å². The van der Waals surface area contributed by atoms with Crippen molar-refractivity contribution >= 4 is 0 Å². The number of halogens is 2.